The third kappa shape index (κ3) is 1.24. The lowest BCUT2D eigenvalue weighted by atomic mass is 9.94. The summed E-state index contributed by atoms with van der Waals surface area (Å²) < 4.78 is 5.53. The minimum Gasteiger partial charge on any atom is -0.387 e. The van der Waals surface area contributed by atoms with Crippen LogP contribution in [-0.4, -0.2) is 37.6 Å². The van der Waals surface area contributed by atoms with E-state index in [1.807, 2.05) is 13.8 Å². The number of ether oxygens (including phenoxy) is 1. The van der Waals surface area contributed by atoms with Gasteiger partial charge in [0.25, 0.3) is 0 Å². The number of fused-ring (bicyclic) bond motifs is 1. The van der Waals surface area contributed by atoms with Crippen LogP contribution in [-0.2, 0) is 9.57 Å². The lowest BCUT2D eigenvalue weighted by molar-refractivity contribution is -0.0616. The molecule has 1 N–H and O–H groups in total. The number of nitrogens with one attached hydrogen (secondary N) is 1. The molecule has 0 radical (unpaired) electrons. The topological polar surface area (TPSA) is 42.8 Å². The molecule has 84 valence electrons. The summed E-state index contributed by atoms with van der Waals surface area (Å²) in [7, 11) is 1.74. The van der Waals surface area contributed by atoms with Gasteiger partial charge in [-0.25, -0.2) is 0 Å². The first-order valence-electron chi connectivity index (χ1n) is 5.64. The van der Waals surface area contributed by atoms with Crippen LogP contribution in [0.5, 0.6) is 0 Å². The van der Waals surface area contributed by atoms with Gasteiger partial charge in [0.15, 0.2) is 5.60 Å². The number of rotatable bonds is 2. The monoisotopic (exact) mass is 210 g/mol. The molecule has 2 fully saturated rings. The van der Waals surface area contributed by atoms with E-state index in [0.717, 1.165) is 30.6 Å². The average Bonchev–Trinajstić information content (AvgIpc) is 2.60. The predicted octanol–water partition coefficient (Wildman–Crippen LogP) is 0.632. The molecule has 0 amide bonds. The van der Waals surface area contributed by atoms with Crippen molar-refractivity contribution in [2.75, 3.05) is 20.2 Å². The fraction of sp³-hybridized carbons (Fsp3) is 0.909. The van der Waals surface area contributed by atoms with E-state index in [-0.39, 0.29) is 11.7 Å². The van der Waals surface area contributed by atoms with Gasteiger partial charge in [0, 0.05) is 13.0 Å². The SMILES string of the molecule is COC1C(C2C3CNCC32)=NOC1(C)C. The van der Waals surface area contributed by atoms with Gasteiger partial charge in [-0.3, -0.25) is 0 Å². The zero-order chi connectivity index (χ0) is 10.6. The second kappa shape index (κ2) is 2.95. The molecule has 0 aromatic carbocycles. The molecule has 3 aliphatic rings. The quantitative estimate of drug-likeness (QED) is 0.727. The van der Waals surface area contributed by atoms with E-state index in [1.165, 1.54) is 0 Å². The minimum absolute atomic E-state index is 0.0353. The molecule has 3 rings (SSSR count). The first-order chi connectivity index (χ1) is 7.15. The van der Waals surface area contributed by atoms with Crippen molar-refractivity contribution >= 4 is 5.71 Å². The molecule has 1 saturated heterocycles. The van der Waals surface area contributed by atoms with E-state index in [0.29, 0.717) is 5.92 Å². The molecule has 3 atom stereocenters. The second-order valence-electron chi connectivity index (χ2n) is 5.34. The van der Waals surface area contributed by atoms with Gasteiger partial charge >= 0.3 is 0 Å². The molecule has 1 saturated carbocycles. The van der Waals surface area contributed by atoms with Crippen LogP contribution in [0.15, 0.2) is 5.16 Å². The summed E-state index contributed by atoms with van der Waals surface area (Å²) in [6, 6.07) is 0. The Hall–Kier alpha value is -0.610. The van der Waals surface area contributed by atoms with E-state index in [2.05, 4.69) is 10.5 Å². The molecule has 15 heavy (non-hydrogen) atoms. The van der Waals surface area contributed by atoms with Gasteiger partial charge in [0.1, 0.15) is 6.10 Å². The summed E-state index contributed by atoms with van der Waals surface area (Å²) in [5.74, 6) is 2.16. The molecule has 0 spiro atoms. The molecule has 3 unspecified atom stereocenters. The Labute approximate surface area is 90.0 Å². The van der Waals surface area contributed by atoms with Crippen LogP contribution in [0, 0.1) is 17.8 Å². The third-order valence-electron chi connectivity index (χ3n) is 3.96. The van der Waals surface area contributed by atoms with Crippen LogP contribution in [0.1, 0.15) is 13.8 Å². The van der Waals surface area contributed by atoms with Crippen molar-refractivity contribution in [3.05, 3.63) is 0 Å². The van der Waals surface area contributed by atoms with Gasteiger partial charge in [-0.15, -0.1) is 0 Å². The number of nitrogens with zero attached hydrogens (tertiary/aromatic N) is 1. The van der Waals surface area contributed by atoms with E-state index in [9.17, 15) is 0 Å². The molecular formula is C11H18N2O2. The van der Waals surface area contributed by atoms with E-state index in [1.54, 1.807) is 7.11 Å². The number of oxime groups is 1. The van der Waals surface area contributed by atoms with Crippen LogP contribution < -0.4 is 5.32 Å². The smallest absolute Gasteiger partial charge is 0.163 e. The van der Waals surface area contributed by atoms with Gasteiger partial charge in [-0.1, -0.05) is 5.16 Å². The average molecular weight is 210 g/mol. The number of hydrogen-bond acceptors (Lipinski definition) is 4. The first kappa shape index (κ1) is 9.60. The highest BCUT2D eigenvalue weighted by Gasteiger charge is 2.60. The van der Waals surface area contributed by atoms with E-state index >= 15 is 0 Å². The van der Waals surface area contributed by atoms with Gasteiger partial charge in [0.2, 0.25) is 0 Å². The third-order valence-corrected chi connectivity index (χ3v) is 3.96. The highest BCUT2D eigenvalue weighted by atomic mass is 16.7. The first-order valence-corrected chi connectivity index (χ1v) is 5.64. The van der Waals surface area contributed by atoms with Crippen LogP contribution in [0.3, 0.4) is 0 Å². The molecule has 4 heteroatoms. The molecular weight excluding hydrogens is 192 g/mol. The second-order valence-corrected chi connectivity index (χ2v) is 5.34. The lowest BCUT2D eigenvalue weighted by Crippen LogP contribution is -2.41. The highest BCUT2D eigenvalue weighted by molar-refractivity contribution is 5.95. The van der Waals surface area contributed by atoms with Gasteiger partial charge in [0.05, 0.1) is 5.71 Å². The molecule has 4 nitrogen and oxygen atoms in total. The summed E-state index contributed by atoms with van der Waals surface area (Å²) in [5, 5.41) is 7.64. The molecule has 0 aromatic rings. The van der Waals surface area contributed by atoms with Crippen LogP contribution in [0.25, 0.3) is 0 Å². The minimum atomic E-state index is -0.297. The Morgan fingerprint density at radius 2 is 2.07 bits per heavy atom. The largest absolute Gasteiger partial charge is 0.387 e. The maximum absolute atomic E-state index is 5.53. The van der Waals surface area contributed by atoms with Crippen molar-refractivity contribution in [2.24, 2.45) is 22.9 Å². The highest BCUT2D eigenvalue weighted by Crippen LogP contribution is 2.52. The summed E-state index contributed by atoms with van der Waals surface area (Å²) >= 11 is 0. The standard InChI is InChI=1S/C11H18N2O2/c1-11(2)10(14-3)9(13-15-11)8-6-4-12-5-7(6)8/h6-8,10,12H,4-5H2,1-3H3. The zero-order valence-electron chi connectivity index (χ0n) is 9.49. The van der Waals surface area contributed by atoms with Gasteiger partial charge in [-0.2, -0.15) is 0 Å². The number of methoxy groups -OCH3 is 1. The van der Waals surface area contributed by atoms with Gasteiger partial charge < -0.3 is 14.9 Å². The van der Waals surface area contributed by atoms with Gasteiger partial charge in [-0.05, 0) is 38.8 Å². The predicted molar refractivity (Wildman–Crippen MR) is 56.7 cm³/mol. The normalized spacial score (nSPS) is 45.9. The summed E-state index contributed by atoms with van der Waals surface area (Å²) in [6.07, 6.45) is 0.0353. The lowest BCUT2D eigenvalue weighted by Gasteiger charge is -2.24. The Kier molecular flexibility index (Phi) is 1.89. The summed E-state index contributed by atoms with van der Waals surface area (Å²) in [4.78, 5) is 5.47. The van der Waals surface area contributed by atoms with Crippen molar-refractivity contribution in [3.8, 4) is 0 Å². The Morgan fingerprint density at radius 3 is 2.67 bits per heavy atom. The zero-order valence-corrected chi connectivity index (χ0v) is 9.49. The van der Waals surface area contributed by atoms with Crippen LogP contribution in [0.2, 0.25) is 0 Å². The van der Waals surface area contributed by atoms with Crippen LogP contribution in [0.4, 0.5) is 0 Å². The molecule has 2 aliphatic heterocycles. The molecule has 2 heterocycles. The Morgan fingerprint density at radius 1 is 1.40 bits per heavy atom. The fourth-order valence-corrected chi connectivity index (χ4v) is 3.12. The van der Waals surface area contributed by atoms with Crippen molar-refractivity contribution in [1.82, 2.24) is 5.32 Å². The van der Waals surface area contributed by atoms with Crippen molar-refractivity contribution in [1.29, 1.82) is 0 Å². The van der Waals surface area contributed by atoms with Crippen molar-refractivity contribution in [3.63, 3.8) is 0 Å². The van der Waals surface area contributed by atoms with E-state index in [4.69, 9.17) is 9.57 Å². The van der Waals surface area contributed by atoms with Crippen LogP contribution >= 0.6 is 0 Å². The number of piperidine rings is 1. The Balaban J connectivity index is 1.77. The summed E-state index contributed by atoms with van der Waals surface area (Å²) in [5.41, 5.74) is 0.841. The summed E-state index contributed by atoms with van der Waals surface area (Å²) in [6.45, 7) is 6.33. The molecule has 0 bridgehead atoms. The van der Waals surface area contributed by atoms with Crippen molar-refractivity contribution < 1.29 is 9.57 Å². The molecule has 1 aliphatic carbocycles. The fourth-order valence-electron chi connectivity index (χ4n) is 3.12. The maximum Gasteiger partial charge on any atom is 0.163 e. The number of hydrogen-bond donors (Lipinski definition) is 1. The Bertz CT molecular complexity index is 304. The van der Waals surface area contributed by atoms with E-state index < -0.39 is 0 Å². The van der Waals surface area contributed by atoms with Crippen molar-refractivity contribution in [2.45, 2.75) is 25.6 Å². The maximum atomic E-state index is 5.53. The molecule has 0 aromatic heterocycles.